The zero-order valence-electron chi connectivity index (χ0n) is 17.5. The number of aliphatic hydroxyl groups is 1. The van der Waals surface area contributed by atoms with Crippen LogP contribution in [-0.4, -0.2) is 37.4 Å². The highest BCUT2D eigenvalue weighted by molar-refractivity contribution is 5.76. The van der Waals surface area contributed by atoms with Gasteiger partial charge in [0.15, 0.2) is 0 Å². The second-order valence-corrected chi connectivity index (χ2v) is 9.56. The number of amides is 1. The minimum atomic E-state index is -0.106. The Morgan fingerprint density at radius 3 is 2.89 bits per heavy atom. The smallest absolute Gasteiger partial charge is 0.222 e. The molecule has 5 nitrogen and oxygen atoms in total. The predicted octanol–water partition coefficient (Wildman–Crippen LogP) is 3.38. The second-order valence-electron chi connectivity index (χ2n) is 9.56. The summed E-state index contributed by atoms with van der Waals surface area (Å²) in [5, 5.41) is 12.5. The molecule has 0 unspecified atom stereocenters. The van der Waals surface area contributed by atoms with Crippen LogP contribution >= 0.6 is 0 Å². The van der Waals surface area contributed by atoms with E-state index in [1.807, 2.05) is 0 Å². The molecule has 5 heteroatoms. The van der Waals surface area contributed by atoms with Gasteiger partial charge in [-0.1, -0.05) is 26.0 Å². The van der Waals surface area contributed by atoms with E-state index in [0.29, 0.717) is 18.4 Å². The third-order valence-electron chi connectivity index (χ3n) is 7.84. The molecule has 3 aliphatic rings. The number of ether oxygens (including phenoxy) is 2. The average molecular weight is 388 g/mol. The fourth-order valence-electron chi connectivity index (χ4n) is 6.48. The highest BCUT2D eigenvalue weighted by Crippen LogP contribution is 2.70. The minimum Gasteiger partial charge on any atom is -0.496 e. The van der Waals surface area contributed by atoms with Gasteiger partial charge in [-0.25, -0.2) is 0 Å². The predicted molar refractivity (Wildman–Crippen MR) is 107 cm³/mol. The number of aryl methyl sites for hydroxylation is 1. The molecule has 1 aromatic carbocycles. The Hall–Kier alpha value is -1.59. The first-order valence-electron chi connectivity index (χ1n) is 10.5. The van der Waals surface area contributed by atoms with E-state index in [4.69, 9.17) is 9.47 Å². The van der Waals surface area contributed by atoms with Crippen molar-refractivity contribution in [2.24, 2.45) is 22.7 Å². The van der Waals surface area contributed by atoms with Crippen LogP contribution in [0.2, 0.25) is 0 Å². The van der Waals surface area contributed by atoms with Gasteiger partial charge in [0.05, 0.1) is 19.8 Å². The molecule has 2 aliphatic carbocycles. The molecule has 2 saturated carbocycles. The minimum absolute atomic E-state index is 0.00245. The van der Waals surface area contributed by atoms with Crippen molar-refractivity contribution >= 4 is 5.91 Å². The molecule has 154 valence electrons. The Kier molecular flexibility index (Phi) is 4.95. The molecule has 2 N–H and O–H groups in total. The summed E-state index contributed by atoms with van der Waals surface area (Å²) in [5.41, 5.74) is 2.41. The quantitative estimate of drug-likeness (QED) is 0.813. The number of rotatable bonds is 5. The Balaban J connectivity index is 1.69. The normalized spacial score (nSPS) is 35.5. The molecule has 1 heterocycles. The maximum Gasteiger partial charge on any atom is 0.222 e. The number of carbonyl (C=O) groups excluding carboxylic acids is 1. The fourth-order valence-corrected chi connectivity index (χ4v) is 6.48. The summed E-state index contributed by atoms with van der Waals surface area (Å²) in [4.78, 5) is 12.4. The van der Waals surface area contributed by atoms with Crippen LogP contribution in [0.25, 0.3) is 0 Å². The van der Waals surface area contributed by atoms with Gasteiger partial charge in [-0.15, -0.1) is 0 Å². The molecular formula is C23H33NO4. The third kappa shape index (κ3) is 2.86. The standard InChI is InChI=1S/C23H33NO4/c1-14-5-6-16(18(11-14)27-4)20-17-12-15-13-23(17,8-10-28-20)21(22(15,2)3)24-19(26)7-9-25/h5-6,11,15,17,20-21,25H,7-10,12-13H2,1-4H3,(H,24,26)/t15-,17-,20-,21-,23-/m1/s1. The van der Waals surface area contributed by atoms with Gasteiger partial charge in [-0.3, -0.25) is 4.79 Å². The van der Waals surface area contributed by atoms with Gasteiger partial charge in [0.1, 0.15) is 5.75 Å². The highest BCUT2D eigenvalue weighted by atomic mass is 16.5. The summed E-state index contributed by atoms with van der Waals surface area (Å²) >= 11 is 0. The van der Waals surface area contributed by atoms with E-state index in [0.717, 1.165) is 30.6 Å². The SMILES string of the molecule is COc1cc(C)ccc1[C@H]1OCC[C@@]23C[C@@H](C[C@H]12)C(C)(C)[C@H]3NC(=O)CCO. The third-order valence-corrected chi connectivity index (χ3v) is 7.84. The highest BCUT2D eigenvalue weighted by Gasteiger charge is 2.68. The first-order chi connectivity index (χ1) is 13.3. The number of hydrogen-bond acceptors (Lipinski definition) is 4. The van der Waals surface area contributed by atoms with E-state index in [-0.39, 0.29) is 41.9 Å². The van der Waals surface area contributed by atoms with Crippen molar-refractivity contribution in [1.29, 1.82) is 0 Å². The van der Waals surface area contributed by atoms with Crippen LogP contribution < -0.4 is 10.1 Å². The van der Waals surface area contributed by atoms with Crippen LogP contribution in [0.4, 0.5) is 0 Å². The molecule has 5 atom stereocenters. The van der Waals surface area contributed by atoms with Gasteiger partial charge < -0.3 is 19.9 Å². The van der Waals surface area contributed by atoms with E-state index in [1.54, 1.807) is 7.11 Å². The maximum absolute atomic E-state index is 12.4. The monoisotopic (exact) mass is 387 g/mol. The number of hydrogen-bond donors (Lipinski definition) is 2. The van der Waals surface area contributed by atoms with Crippen LogP contribution in [0, 0.1) is 29.6 Å². The van der Waals surface area contributed by atoms with E-state index >= 15 is 0 Å². The lowest BCUT2D eigenvalue weighted by molar-refractivity contribution is -0.137. The van der Waals surface area contributed by atoms with Gasteiger partial charge in [0.2, 0.25) is 5.91 Å². The number of aliphatic hydroxyl groups excluding tert-OH is 1. The second kappa shape index (κ2) is 7.03. The summed E-state index contributed by atoms with van der Waals surface area (Å²) in [6.07, 6.45) is 3.42. The Bertz CT molecular complexity index is 761. The summed E-state index contributed by atoms with van der Waals surface area (Å²) in [7, 11) is 1.72. The van der Waals surface area contributed by atoms with Crippen molar-refractivity contribution in [3.63, 3.8) is 0 Å². The van der Waals surface area contributed by atoms with Gasteiger partial charge >= 0.3 is 0 Å². The zero-order valence-corrected chi connectivity index (χ0v) is 17.5. The largest absolute Gasteiger partial charge is 0.496 e. The number of benzene rings is 1. The molecule has 28 heavy (non-hydrogen) atoms. The lowest BCUT2D eigenvalue weighted by Crippen LogP contribution is -2.59. The maximum atomic E-state index is 12.4. The topological polar surface area (TPSA) is 67.8 Å². The van der Waals surface area contributed by atoms with Crippen molar-refractivity contribution in [3.05, 3.63) is 29.3 Å². The molecule has 1 aromatic rings. The van der Waals surface area contributed by atoms with E-state index in [9.17, 15) is 9.90 Å². The Morgan fingerprint density at radius 2 is 2.18 bits per heavy atom. The fraction of sp³-hybridized carbons (Fsp3) is 0.696. The Morgan fingerprint density at radius 1 is 1.39 bits per heavy atom. The lowest BCUT2D eigenvalue weighted by Gasteiger charge is -2.53. The summed E-state index contributed by atoms with van der Waals surface area (Å²) < 4.78 is 12.0. The molecule has 0 radical (unpaired) electrons. The molecular weight excluding hydrogens is 354 g/mol. The van der Waals surface area contributed by atoms with Crippen LogP contribution in [-0.2, 0) is 9.53 Å². The molecule has 1 amide bonds. The number of fused-ring (bicyclic) bond motifs is 1. The van der Waals surface area contributed by atoms with Crippen molar-refractivity contribution in [1.82, 2.24) is 5.32 Å². The van der Waals surface area contributed by atoms with Gasteiger partial charge in [-0.2, -0.15) is 0 Å². The van der Waals surface area contributed by atoms with Crippen LogP contribution in [0.15, 0.2) is 18.2 Å². The zero-order chi connectivity index (χ0) is 20.1. The molecule has 0 aromatic heterocycles. The first kappa shape index (κ1) is 19.7. The number of nitrogens with one attached hydrogen (secondary N) is 1. The molecule has 3 fully saturated rings. The molecule has 1 saturated heterocycles. The van der Waals surface area contributed by atoms with Gasteiger partial charge in [-0.05, 0) is 60.5 Å². The van der Waals surface area contributed by atoms with Crippen molar-refractivity contribution < 1.29 is 19.4 Å². The summed E-state index contributed by atoms with van der Waals surface area (Å²) in [6.45, 7) is 7.26. The molecule has 1 spiro atoms. The molecule has 2 bridgehead atoms. The van der Waals surface area contributed by atoms with Gasteiger partial charge in [0.25, 0.3) is 0 Å². The van der Waals surface area contributed by atoms with Crippen molar-refractivity contribution in [2.45, 2.75) is 58.6 Å². The van der Waals surface area contributed by atoms with E-state index < -0.39 is 0 Å². The van der Waals surface area contributed by atoms with E-state index in [2.05, 4.69) is 44.3 Å². The molecule has 1 aliphatic heterocycles. The summed E-state index contributed by atoms with van der Waals surface area (Å²) in [6, 6.07) is 6.47. The Labute approximate surface area is 167 Å². The van der Waals surface area contributed by atoms with Crippen LogP contribution in [0.3, 0.4) is 0 Å². The van der Waals surface area contributed by atoms with E-state index in [1.165, 1.54) is 5.56 Å². The van der Waals surface area contributed by atoms with Gasteiger partial charge in [0, 0.05) is 24.6 Å². The molecule has 4 rings (SSSR count). The first-order valence-corrected chi connectivity index (χ1v) is 10.5. The number of methoxy groups -OCH3 is 1. The van der Waals surface area contributed by atoms with Crippen molar-refractivity contribution in [3.8, 4) is 5.75 Å². The lowest BCUT2D eigenvalue weighted by atomic mass is 9.58. The number of carbonyl (C=O) groups is 1. The van der Waals surface area contributed by atoms with Crippen LogP contribution in [0.5, 0.6) is 5.75 Å². The average Bonchev–Trinajstić information content (AvgIpc) is 3.14. The summed E-state index contributed by atoms with van der Waals surface area (Å²) in [5.74, 6) is 1.79. The van der Waals surface area contributed by atoms with Crippen molar-refractivity contribution in [2.75, 3.05) is 20.3 Å². The van der Waals surface area contributed by atoms with Crippen LogP contribution in [0.1, 0.15) is 56.8 Å².